The summed E-state index contributed by atoms with van der Waals surface area (Å²) in [6, 6.07) is 7.97. The third kappa shape index (κ3) is 4.98. The van der Waals surface area contributed by atoms with Gasteiger partial charge in [-0.15, -0.1) is 11.3 Å². The summed E-state index contributed by atoms with van der Waals surface area (Å²) in [5, 5.41) is 11.8. The van der Waals surface area contributed by atoms with Crippen LogP contribution in [-0.4, -0.2) is 30.1 Å². The SMILES string of the molecule is COC(=O)c1c(NC(=O)CCC(=O)O)sc(C)c1-c1ccc(C(C)(C)C)cc1. The van der Waals surface area contributed by atoms with Gasteiger partial charge in [-0.25, -0.2) is 4.79 Å². The minimum atomic E-state index is -1.05. The highest BCUT2D eigenvalue weighted by molar-refractivity contribution is 7.17. The third-order valence-corrected chi connectivity index (χ3v) is 5.35. The lowest BCUT2D eigenvalue weighted by Crippen LogP contribution is -2.15. The monoisotopic (exact) mass is 403 g/mol. The van der Waals surface area contributed by atoms with Crippen molar-refractivity contribution in [1.29, 1.82) is 0 Å². The van der Waals surface area contributed by atoms with Gasteiger partial charge in [0.05, 0.1) is 13.5 Å². The second-order valence-electron chi connectivity index (χ2n) is 7.50. The molecule has 7 heteroatoms. The molecule has 0 saturated carbocycles. The molecule has 0 fully saturated rings. The minimum absolute atomic E-state index is 0.0106. The largest absolute Gasteiger partial charge is 0.481 e. The lowest BCUT2D eigenvalue weighted by molar-refractivity contribution is -0.138. The number of nitrogens with one attached hydrogen (secondary N) is 1. The molecule has 0 aliphatic carbocycles. The van der Waals surface area contributed by atoms with Gasteiger partial charge in [0.25, 0.3) is 0 Å². The lowest BCUT2D eigenvalue weighted by atomic mass is 9.86. The predicted octanol–water partition coefficient (Wildman–Crippen LogP) is 4.61. The van der Waals surface area contributed by atoms with E-state index in [4.69, 9.17) is 9.84 Å². The number of aliphatic carboxylic acids is 1. The van der Waals surface area contributed by atoms with E-state index in [0.717, 1.165) is 10.4 Å². The van der Waals surface area contributed by atoms with Crippen LogP contribution in [0, 0.1) is 6.92 Å². The van der Waals surface area contributed by atoms with Crippen LogP contribution in [0.4, 0.5) is 5.00 Å². The number of carboxylic acids is 1. The molecule has 0 atom stereocenters. The fraction of sp³-hybridized carbons (Fsp3) is 0.381. The highest BCUT2D eigenvalue weighted by atomic mass is 32.1. The van der Waals surface area contributed by atoms with E-state index in [9.17, 15) is 14.4 Å². The summed E-state index contributed by atoms with van der Waals surface area (Å²) in [6.07, 6.45) is -0.437. The highest BCUT2D eigenvalue weighted by Crippen LogP contribution is 2.41. The molecule has 2 aromatic rings. The van der Waals surface area contributed by atoms with Gasteiger partial charge in [-0.05, 0) is 23.5 Å². The molecular weight excluding hydrogens is 378 g/mol. The van der Waals surface area contributed by atoms with Gasteiger partial charge in [0, 0.05) is 16.9 Å². The van der Waals surface area contributed by atoms with Gasteiger partial charge in [-0.3, -0.25) is 9.59 Å². The molecule has 1 heterocycles. The first-order valence-corrected chi connectivity index (χ1v) is 9.70. The van der Waals surface area contributed by atoms with Crippen molar-refractivity contribution >= 4 is 34.2 Å². The average Bonchev–Trinajstić information content (AvgIpc) is 2.94. The van der Waals surface area contributed by atoms with Crippen LogP contribution in [0.25, 0.3) is 11.1 Å². The Morgan fingerprint density at radius 2 is 1.71 bits per heavy atom. The van der Waals surface area contributed by atoms with Gasteiger partial charge in [0.1, 0.15) is 10.6 Å². The number of amides is 1. The predicted molar refractivity (Wildman–Crippen MR) is 110 cm³/mol. The zero-order valence-corrected chi connectivity index (χ0v) is 17.5. The van der Waals surface area contributed by atoms with Crippen molar-refractivity contribution in [3.8, 4) is 11.1 Å². The number of anilines is 1. The number of ether oxygens (including phenoxy) is 1. The number of rotatable bonds is 6. The van der Waals surface area contributed by atoms with Crippen molar-refractivity contribution in [1.82, 2.24) is 0 Å². The molecule has 0 aliphatic rings. The number of methoxy groups -OCH3 is 1. The Morgan fingerprint density at radius 3 is 2.21 bits per heavy atom. The van der Waals surface area contributed by atoms with Crippen LogP contribution >= 0.6 is 11.3 Å². The molecule has 2 N–H and O–H groups in total. The second-order valence-corrected chi connectivity index (χ2v) is 8.72. The van der Waals surface area contributed by atoms with Crippen molar-refractivity contribution in [2.75, 3.05) is 12.4 Å². The molecule has 150 valence electrons. The maximum absolute atomic E-state index is 12.5. The first kappa shape index (κ1) is 21.6. The normalized spacial score (nSPS) is 11.2. The molecule has 0 unspecified atom stereocenters. The van der Waals surface area contributed by atoms with Crippen molar-refractivity contribution in [3.05, 3.63) is 40.3 Å². The summed E-state index contributed by atoms with van der Waals surface area (Å²) >= 11 is 1.27. The van der Waals surface area contributed by atoms with E-state index in [-0.39, 0.29) is 23.8 Å². The fourth-order valence-corrected chi connectivity index (χ4v) is 3.90. The van der Waals surface area contributed by atoms with Crippen LogP contribution in [0.5, 0.6) is 0 Å². The number of hydrogen-bond donors (Lipinski definition) is 2. The molecule has 0 bridgehead atoms. The van der Waals surface area contributed by atoms with E-state index in [0.29, 0.717) is 10.6 Å². The summed E-state index contributed by atoms with van der Waals surface area (Å²) < 4.78 is 4.93. The number of benzene rings is 1. The Bertz CT molecular complexity index is 891. The van der Waals surface area contributed by atoms with E-state index in [1.54, 1.807) is 0 Å². The van der Waals surface area contributed by atoms with Crippen molar-refractivity contribution in [2.24, 2.45) is 0 Å². The van der Waals surface area contributed by atoms with Crippen LogP contribution in [0.15, 0.2) is 24.3 Å². The van der Waals surface area contributed by atoms with E-state index >= 15 is 0 Å². The number of aryl methyl sites for hydroxylation is 1. The quantitative estimate of drug-likeness (QED) is 0.687. The molecule has 2 rings (SSSR count). The number of hydrogen-bond acceptors (Lipinski definition) is 5. The van der Waals surface area contributed by atoms with Crippen molar-refractivity contribution < 1.29 is 24.2 Å². The molecule has 0 radical (unpaired) electrons. The second kappa shape index (κ2) is 8.56. The molecule has 28 heavy (non-hydrogen) atoms. The van der Waals surface area contributed by atoms with Crippen molar-refractivity contribution in [3.63, 3.8) is 0 Å². The Hall–Kier alpha value is -2.67. The first-order chi connectivity index (χ1) is 13.0. The number of carboxylic acid groups (broad SMARTS) is 1. The zero-order chi connectivity index (χ0) is 21.1. The smallest absolute Gasteiger partial charge is 0.341 e. The summed E-state index contributed by atoms with van der Waals surface area (Å²) in [5.41, 5.74) is 3.04. The number of carbonyl (C=O) groups excluding carboxylic acids is 2. The number of thiophene rings is 1. The van der Waals surface area contributed by atoms with Gasteiger partial charge >= 0.3 is 11.9 Å². The van der Waals surface area contributed by atoms with Crippen LogP contribution in [-0.2, 0) is 19.7 Å². The Balaban J connectivity index is 2.44. The zero-order valence-electron chi connectivity index (χ0n) is 16.7. The van der Waals surface area contributed by atoms with Crippen LogP contribution in [0.3, 0.4) is 0 Å². The van der Waals surface area contributed by atoms with E-state index in [1.165, 1.54) is 24.0 Å². The fourth-order valence-electron chi connectivity index (χ4n) is 2.82. The van der Waals surface area contributed by atoms with E-state index in [1.807, 2.05) is 31.2 Å². The summed E-state index contributed by atoms with van der Waals surface area (Å²) in [7, 11) is 1.29. The maximum atomic E-state index is 12.5. The van der Waals surface area contributed by atoms with Gasteiger partial charge in [-0.1, -0.05) is 45.0 Å². The van der Waals surface area contributed by atoms with Crippen LogP contribution in [0.1, 0.15) is 54.4 Å². The maximum Gasteiger partial charge on any atom is 0.341 e. The van der Waals surface area contributed by atoms with Crippen molar-refractivity contribution in [2.45, 2.75) is 46.0 Å². The molecule has 1 amide bonds. The molecule has 6 nitrogen and oxygen atoms in total. The Kier molecular flexibility index (Phi) is 6.61. The number of esters is 1. The third-order valence-electron chi connectivity index (χ3n) is 4.33. The van der Waals surface area contributed by atoms with Gasteiger partial charge in [-0.2, -0.15) is 0 Å². The molecule has 0 aliphatic heterocycles. The van der Waals surface area contributed by atoms with Crippen LogP contribution in [0.2, 0.25) is 0 Å². The topological polar surface area (TPSA) is 92.7 Å². The van der Waals surface area contributed by atoms with E-state index < -0.39 is 17.8 Å². The highest BCUT2D eigenvalue weighted by Gasteiger charge is 2.25. The average molecular weight is 404 g/mol. The standard InChI is InChI=1S/C21H25NO5S/c1-12-17(13-6-8-14(9-7-13)21(2,3)4)18(20(26)27-5)19(28-12)22-15(23)10-11-16(24)25/h6-9H,10-11H2,1-5H3,(H,22,23)(H,24,25). The van der Waals surface area contributed by atoms with Gasteiger partial charge in [0.15, 0.2) is 0 Å². The number of carbonyl (C=O) groups is 3. The van der Waals surface area contributed by atoms with E-state index in [2.05, 4.69) is 26.1 Å². The summed E-state index contributed by atoms with van der Waals surface area (Å²) in [4.78, 5) is 36.1. The molecule has 0 spiro atoms. The molecule has 1 aromatic heterocycles. The van der Waals surface area contributed by atoms with Crippen LogP contribution < -0.4 is 5.32 Å². The van der Waals surface area contributed by atoms with Gasteiger partial charge < -0.3 is 15.2 Å². The molecule has 1 aromatic carbocycles. The molecule has 0 saturated heterocycles. The Morgan fingerprint density at radius 1 is 1.11 bits per heavy atom. The summed E-state index contributed by atoms with van der Waals surface area (Å²) in [6.45, 7) is 8.25. The lowest BCUT2D eigenvalue weighted by Gasteiger charge is -2.19. The first-order valence-electron chi connectivity index (χ1n) is 8.89. The Labute approximate surface area is 168 Å². The minimum Gasteiger partial charge on any atom is -0.481 e. The molecular formula is C21H25NO5S. The van der Waals surface area contributed by atoms with Gasteiger partial charge in [0.2, 0.25) is 5.91 Å². The summed E-state index contributed by atoms with van der Waals surface area (Å²) in [5.74, 6) is -2.05.